The maximum Gasteiger partial charge on any atom is 0.119 e. The van der Waals surface area contributed by atoms with Crippen molar-refractivity contribution in [3.8, 4) is 5.75 Å². The first-order valence-corrected chi connectivity index (χ1v) is 6.32. The normalized spacial score (nSPS) is 10.3. The summed E-state index contributed by atoms with van der Waals surface area (Å²) in [6.07, 6.45) is 4.99. The number of hydrogen-bond acceptors (Lipinski definition) is 2. The summed E-state index contributed by atoms with van der Waals surface area (Å²) in [5.41, 5.74) is 0. The summed E-state index contributed by atoms with van der Waals surface area (Å²) in [6, 6.07) is 10.0. The van der Waals surface area contributed by atoms with Crippen molar-refractivity contribution in [3.63, 3.8) is 0 Å². The molecule has 0 saturated heterocycles. The smallest absolute Gasteiger partial charge is 0.119 e. The zero-order chi connectivity index (χ0) is 11.5. The summed E-state index contributed by atoms with van der Waals surface area (Å²) < 4.78 is 5.62. The Labute approximate surface area is 99.0 Å². The van der Waals surface area contributed by atoms with Gasteiger partial charge in [-0.3, -0.25) is 0 Å². The number of nitrogens with one attached hydrogen (secondary N) is 1. The molecule has 0 atom stereocenters. The predicted octanol–water partition coefficient (Wildman–Crippen LogP) is 3.24. The first-order chi connectivity index (χ1) is 7.93. The summed E-state index contributed by atoms with van der Waals surface area (Å²) in [7, 11) is 0. The van der Waals surface area contributed by atoms with Crippen LogP contribution in [0.15, 0.2) is 30.3 Å². The van der Waals surface area contributed by atoms with Gasteiger partial charge in [0, 0.05) is 0 Å². The van der Waals surface area contributed by atoms with Gasteiger partial charge in [-0.15, -0.1) is 0 Å². The summed E-state index contributed by atoms with van der Waals surface area (Å²) in [5, 5.41) is 3.33. The average molecular weight is 221 g/mol. The zero-order valence-corrected chi connectivity index (χ0v) is 10.2. The zero-order valence-electron chi connectivity index (χ0n) is 10.2. The van der Waals surface area contributed by atoms with E-state index in [9.17, 15) is 0 Å². The van der Waals surface area contributed by atoms with E-state index >= 15 is 0 Å². The van der Waals surface area contributed by atoms with Gasteiger partial charge in [-0.1, -0.05) is 38.0 Å². The third-order valence-corrected chi connectivity index (χ3v) is 2.51. The molecule has 1 aromatic carbocycles. The van der Waals surface area contributed by atoms with Gasteiger partial charge in [0.2, 0.25) is 0 Å². The van der Waals surface area contributed by atoms with Crippen LogP contribution in [0.25, 0.3) is 0 Å². The summed E-state index contributed by atoms with van der Waals surface area (Å²) in [4.78, 5) is 0. The number of rotatable bonds is 9. The van der Waals surface area contributed by atoms with E-state index in [-0.39, 0.29) is 0 Å². The lowest BCUT2D eigenvalue weighted by Crippen LogP contribution is -2.13. The van der Waals surface area contributed by atoms with Crippen molar-refractivity contribution in [1.29, 1.82) is 0 Å². The lowest BCUT2D eigenvalue weighted by atomic mass is 10.2. The van der Waals surface area contributed by atoms with Crippen molar-refractivity contribution in [1.82, 2.24) is 5.32 Å². The molecule has 0 spiro atoms. The van der Waals surface area contributed by atoms with Crippen LogP contribution < -0.4 is 10.1 Å². The van der Waals surface area contributed by atoms with Crippen molar-refractivity contribution >= 4 is 0 Å². The first-order valence-electron chi connectivity index (χ1n) is 6.32. The van der Waals surface area contributed by atoms with E-state index in [2.05, 4.69) is 12.2 Å². The van der Waals surface area contributed by atoms with E-state index in [1.807, 2.05) is 30.3 Å². The van der Waals surface area contributed by atoms with Gasteiger partial charge in [-0.05, 0) is 38.1 Å². The minimum absolute atomic E-state index is 0.839. The van der Waals surface area contributed by atoms with Crippen LogP contribution in [-0.2, 0) is 0 Å². The molecule has 1 aromatic rings. The molecule has 0 radical (unpaired) electrons. The molecule has 0 fully saturated rings. The molecule has 16 heavy (non-hydrogen) atoms. The molecule has 0 aliphatic carbocycles. The molecule has 0 saturated carbocycles. The highest BCUT2D eigenvalue weighted by atomic mass is 16.5. The molecule has 0 bridgehead atoms. The molecule has 1 rings (SSSR count). The molecule has 0 amide bonds. The van der Waals surface area contributed by atoms with E-state index < -0.39 is 0 Å². The van der Waals surface area contributed by atoms with Gasteiger partial charge in [0.05, 0.1) is 6.61 Å². The van der Waals surface area contributed by atoms with E-state index in [0.29, 0.717) is 0 Å². The van der Waals surface area contributed by atoms with Crippen molar-refractivity contribution in [2.45, 2.75) is 32.6 Å². The van der Waals surface area contributed by atoms with Crippen molar-refractivity contribution < 1.29 is 4.74 Å². The fraction of sp³-hybridized carbons (Fsp3) is 0.571. The second kappa shape index (κ2) is 9.22. The molecule has 0 aliphatic rings. The quantitative estimate of drug-likeness (QED) is 0.646. The molecule has 0 aromatic heterocycles. The third-order valence-electron chi connectivity index (χ3n) is 2.51. The third kappa shape index (κ3) is 6.46. The number of para-hydroxylation sites is 1. The second-order valence-corrected chi connectivity index (χ2v) is 3.93. The SMILES string of the molecule is CCNCCCCCCOc1ccccc1. The van der Waals surface area contributed by atoms with E-state index in [0.717, 1.165) is 31.9 Å². The van der Waals surface area contributed by atoms with Gasteiger partial charge in [-0.25, -0.2) is 0 Å². The van der Waals surface area contributed by atoms with E-state index in [4.69, 9.17) is 4.74 Å². The monoisotopic (exact) mass is 221 g/mol. The minimum Gasteiger partial charge on any atom is -0.494 e. The van der Waals surface area contributed by atoms with Crippen LogP contribution in [0.2, 0.25) is 0 Å². The number of ether oxygens (including phenoxy) is 1. The maximum absolute atomic E-state index is 5.62. The summed E-state index contributed by atoms with van der Waals surface area (Å²) in [5.74, 6) is 0.982. The molecular formula is C14H23NO. The van der Waals surface area contributed by atoms with Gasteiger partial charge >= 0.3 is 0 Å². The van der Waals surface area contributed by atoms with E-state index in [1.54, 1.807) is 0 Å². The van der Waals surface area contributed by atoms with E-state index in [1.165, 1.54) is 19.3 Å². The van der Waals surface area contributed by atoms with Crippen LogP contribution in [0, 0.1) is 0 Å². The molecule has 2 heteroatoms. The Bertz CT molecular complexity index is 248. The largest absolute Gasteiger partial charge is 0.494 e. The summed E-state index contributed by atoms with van der Waals surface area (Å²) >= 11 is 0. The molecule has 2 nitrogen and oxygen atoms in total. The number of hydrogen-bond donors (Lipinski definition) is 1. The molecular weight excluding hydrogens is 198 g/mol. The maximum atomic E-state index is 5.62. The highest BCUT2D eigenvalue weighted by Crippen LogP contribution is 2.09. The lowest BCUT2D eigenvalue weighted by Gasteiger charge is -2.05. The lowest BCUT2D eigenvalue weighted by molar-refractivity contribution is 0.304. The molecule has 0 unspecified atom stereocenters. The Hall–Kier alpha value is -1.02. The second-order valence-electron chi connectivity index (χ2n) is 3.93. The Morgan fingerprint density at radius 3 is 2.50 bits per heavy atom. The van der Waals surface area contributed by atoms with Gasteiger partial charge in [0.1, 0.15) is 5.75 Å². The molecule has 90 valence electrons. The topological polar surface area (TPSA) is 21.3 Å². The average Bonchev–Trinajstić information content (AvgIpc) is 2.34. The number of benzene rings is 1. The molecule has 0 aliphatic heterocycles. The van der Waals surface area contributed by atoms with Crippen molar-refractivity contribution in [3.05, 3.63) is 30.3 Å². The Balaban J connectivity index is 1.89. The Morgan fingerprint density at radius 1 is 1.00 bits per heavy atom. The highest BCUT2D eigenvalue weighted by molar-refractivity contribution is 5.20. The number of unbranched alkanes of at least 4 members (excludes halogenated alkanes) is 3. The predicted molar refractivity (Wildman–Crippen MR) is 68.9 cm³/mol. The first kappa shape index (κ1) is 13.0. The van der Waals surface area contributed by atoms with Crippen LogP contribution in [-0.4, -0.2) is 19.7 Å². The Kier molecular flexibility index (Phi) is 7.52. The van der Waals surface area contributed by atoms with Gasteiger partial charge < -0.3 is 10.1 Å². The van der Waals surface area contributed by atoms with Crippen LogP contribution >= 0.6 is 0 Å². The summed E-state index contributed by atoms with van der Waals surface area (Å²) in [6.45, 7) is 5.21. The van der Waals surface area contributed by atoms with Crippen molar-refractivity contribution in [2.75, 3.05) is 19.7 Å². The molecule has 1 N–H and O–H groups in total. The van der Waals surface area contributed by atoms with Crippen LogP contribution in [0.4, 0.5) is 0 Å². The van der Waals surface area contributed by atoms with Crippen LogP contribution in [0.5, 0.6) is 5.75 Å². The van der Waals surface area contributed by atoms with Gasteiger partial charge in [-0.2, -0.15) is 0 Å². The van der Waals surface area contributed by atoms with Crippen molar-refractivity contribution in [2.24, 2.45) is 0 Å². The Morgan fingerprint density at radius 2 is 1.75 bits per heavy atom. The minimum atomic E-state index is 0.839. The fourth-order valence-electron chi connectivity index (χ4n) is 1.59. The van der Waals surface area contributed by atoms with Crippen LogP contribution in [0.1, 0.15) is 32.6 Å². The standard InChI is InChI=1S/C14H23NO/c1-2-15-12-8-3-4-9-13-16-14-10-6-5-7-11-14/h5-7,10-11,15H,2-4,8-9,12-13H2,1H3. The highest BCUT2D eigenvalue weighted by Gasteiger charge is 1.92. The van der Waals surface area contributed by atoms with Gasteiger partial charge in [0.25, 0.3) is 0 Å². The molecule has 0 heterocycles. The fourth-order valence-corrected chi connectivity index (χ4v) is 1.59. The van der Waals surface area contributed by atoms with Gasteiger partial charge in [0.15, 0.2) is 0 Å². The van der Waals surface area contributed by atoms with Crippen LogP contribution in [0.3, 0.4) is 0 Å².